The lowest BCUT2D eigenvalue weighted by Gasteiger charge is -2.44. The number of aryl methyl sites for hydroxylation is 1. The average molecular weight is 430 g/mol. The van der Waals surface area contributed by atoms with Gasteiger partial charge in [-0.2, -0.15) is 0 Å². The van der Waals surface area contributed by atoms with Crippen LogP contribution in [0, 0.1) is 0 Å². The number of aromatic nitrogens is 1. The van der Waals surface area contributed by atoms with Gasteiger partial charge in [0.1, 0.15) is 11.2 Å². The summed E-state index contributed by atoms with van der Waals surface area (Å²) >= 11 is 0. The van der Waals surface area contributed by atoms with Gasteiger partial charge in [0, 0.05) is 22.6 Å². The maximum absolute atomic E-state index is 13.9. The fraction of sp³-hybridized carbons (Fsp3) is 0.407. The third-order valence-corrected chi connectivity index (χ3v) is 7.22. The van der Waals surface area contributed by atoms with E-state index in [4.69, 9.17) is 0 Å². The minimum Gasteiger partial charge on any atom is -0.351 e. The van der Waals surface area contributed by atoms with Crippen molar-refractivity contribution in [3.05, 3.63) is 65.9 Å². The zero-order valence-corrected chi connectivity index (χ0v) is 18.9. The Bertz CT molecular complexity index is 1160. The number of amides is 2. The molecule has 5 nitrogen and oxygen atoms in total. The molecule has 0 radical (unpaired) electrons. The summed E-state index contributed by atoms with van der Waals surface area (Å²) < 4.78 is 2.02. The zero-order chi connectivity index (χ0) is 22.3. The summed E-state index contributed by atoms with van der Waals surface area (Å²) in [6, 6.07) is 18.2. The summed E-state index contributed by atoms with van der Waals surface area (Å²) in [5.41, 5.74) is 2.59. The van der Waals surface area contributed by atoms with Crippen LogP contribution in [0.4, 0.5) is 5.69 Å². The Balaban J connectivity index is 1.60. The lowest BCUT2D eigenvalue weighted by Crippen LogP contribution is -2.65. The van der Waals surface area contributed by atoms with Crippen molar-refractivity contribution in [2.45, 2.75) is 70.5 Å². The van der Waals surface area contributed by atoms with Gasteiger partial charge >= 0.3 is 0 Å². The SMILES string of the molecule is CCc1ccc(N2C(=O)c3cc4ccccc4n3CC2(C)C(=O)NC2CCCCC2)cc1. The van der Waals surface area contributed by atoms with E-state index in [1.54, 1.807) is 4.90 Å². The van der Waals surface area contributed by atoms with E-state index in [0.717, 1.165) is 48.7 Å². The topological polar surface area (TPSA) is 54.3 Å². The van der Waals surface area contributed by atoms with Gasteiger partial charge < -0.3 is 9.88 Å². The van der Waals surface area contributed by atoms with Crippen molar-refractivity contribution < 1.29 is 9.59 Å². The van der Waals surface area contributed by atoms with Gasteiger partial charge in [-0.25, -0.2) is 0 Å². The lowest BCUT2D eigenvalue weighted by molar-refractivity contribution is -0.127. The maximum atomic E-state index is 13.9. The van der Waals surface area contributed by atoms with Gasteiger partial charge in [-0.05, 0) is 56.0 Å². The predicted molar refractivity (Wildman–Crippen MR) is 128 cm³/mol. The molecule has 5 rings (SSSR count). The second-order valence-electron chi connectivity index (χ2n) is 9.42. The Labute approximate surface area is 189 Å². The molecule has 5 heteroatoms. The Kier molecular flexibility index (Phi) is 5.28. The molecular weight excluding hydrogens is 398 g/mol. The largest absolute Gasteiger partial charge is 0.351 e. The minimum atomic E-state index is -1.02. The number of benzene rings is 2. The average Bonchev–Trinajstić information content (AvgIpc) is 3.19. The first-order chi connectivity index (χ1) is 15.5. The summed E-state index contributed by atoms with van der Waals surface area (Å²) in [6.45, 7) is 4.45. The van der Waals surface area contributed by atoms with Crippen LogP contribution in [-0.4, -0.2) is 28.0 Å². The van der Waals surface area contributed by atoms with Crippen LogP contribution in [0.1, 0.15) is 62.0 Å². The molecule has 1 saturated carbocycles. The number of nitrogens with zero attached hydrogens (tertiary/aromatic N) is 2. The molecule has 1 aliphatic carbocycles. The number of fused-ring (bicyclic) bond motifs is 3. The summed E-state index contributed by atoms with van der Waals surface area (Å²) in [6.07, 6.45) is 6.49. The first kappa shape index (κ1) is 20.8. The van der Waals surface area contributed by atoms with Crippen LogP contribution in [0.25, 0.3) is 10.9 Å². The summed E-state index contributed by atoms with van der Waals surface area (Å²) in [4.78, 5) is 29.4. The minimum absolute atomic E-state index is 0.0688. The van der Waals surface area contributed by atoms with Crippen molar-refractivity contribution in [1.82, 2.24) is 9.88 Å². The van der Waals surface area contributed by atoms with E-state index in [0.29, 0.717) is 12.2 Å². The van der Waals surface area contributed by atoms with Crippen molar-refractivity contribution in [2.75, 3.05) is 4.90 Å². The molecule has 2 amide bonds. The molecule has 0 spiro atoms. The monoisotopic (exact) mass is 429 g/mol. The fourth-order valence-corrected chi connectivity index (χ4v) is 5.32. The van der Waals surface area contributed by atoms with Crippen molar-refractivity contribution in [3.63, 3.8) is 0 Å². The molecule has 1 aliphatic heterocycles. The number of nitrogens with one attached hydrogen (secondary N) is 1. The van der Waals surface area contributed by atoms with E-state index in [9.17, 15) is 9.59 Å². The van der Waals surface area contributed by atoms with Gasteiger partial charge in [-0.15, -0.1) is 0 Å². The number of para-hydroxylation sites is 1. The zero-order valence-electron chi connectivity index (χ0n) is 18.9. The third-order valence-electron chi connectivity index (χ3n) is 7.22. The van der Waals surface area contributed by atoms with Crippen molar-refractivity contribution >= 4 is 28.4 Å². The van der Waals surface area contributed by atoms with E-state index in [1.807, 2.05) is 66.1 Å². The van der Waals surface area contributed by atoms with Crippen LogP contribution >= 0.6 is 0 Å². The van der Waals surface area contributed by atoms with Gasteiger partial charge in [0.15, 0.2) is 0 Å². The second kappa shape index (κ2) is 8.12. The van der Waals surface area contributed by atoms with E-state index < -0.39 is 5.54 Å². The number of carbonyl (C=O) groups is 2. The summed E-state index contributed by atoms with van der Waals surface area (Å²) in [5.74, 6) is -0.196. The molecule has 2 heterocycles. The third kappa shape index (κ3) is 3.40. The lowest BCUT2D eigenvalue weighted by atomic mass is 9.91. The normalized spacial score (nSPS) is 21.6. The number of anilines is 1. The molecular formula is C27H31N3O2. The molecule has 1 aromatic heterocycles. The summed E-state index contributed by atoms with van der Waals surface area (Å²) in [7, 11) is 0. The highest BCUT2D eigenvalue weighted by molar-refractivity contribution is 6.14. The van der Waals surface area contributed by atoms with Gasteiger partial charge in [0.05, 0.1) is 6.54 Å². The molecule has 1 unspecified atom stereocenters. The van der Waals surface area contributed by atoms with Gasteiger partial charge in [0.25, 0.3) is 5.91 Å². The Morgan fingerprint density at radius 2 is 1.78 bits per heavy atom. The second-order valence-corrected chi connectivity index (χ2v) is 9.42. The highest BCUT2D eigenvalue weighted by atomic mass is 16.2. The fourth-order valence-electron chi connectivity index (χ4n) is 5.32. The summed E-state index contributed by atoms with van der Waals surface area (Å²) in [5, 5.41) is 4.32. The number of hydrogen-bond acceptors (Lipinski definition) is 2. The molecule has 2 aromatic carbocycles. The standard InChI is InChI=1S/C27H31N3O2/c1-3-19-13-15-22(16-14-19)30-25(31)24-17-20-9-7-8-12-23(20)29(24)18-27(30,2)26(32)28-21-10-5-4-6-11-21/h7-9,12-17,21H,3-6,10-11,18H2,1-2H3,(H,28,32). The number of hydrogen-bond donors (Lipinski definition) is 1. The van der Waals surface area contributed by atoms with E-state index in [2.05, 4.69) is 12.2 Å². The maximum Gasteiger partial charge on any atom is 0.275 e. The molecule has 0 bridgehead atoms. The van der Waals surface area contributed by atoms with Crippen molar-refractivity contribution in [1.29, 1.82) is 0 Å². The highest BCUT2D eigenvalue weighted by Gasteiger charge is 2.49. The van der Waals surface area contributed by atoms with E-state index in [1.165, 1.54) is 12.0 Å². The van der Waals surface area contributed by atoms with Crippen LogP contribution in [0.15, 0.2) is 54.6 Å². The predicted octanol–water partition coefficient (Wildman–Crippen LogP) is 5.07. The van der Waals surface area contributed by atoms with Gasteiger partial charge in [-0.3, -0.25) is 14.5 Å². The smallest absolute Gasteiger partial charge is 0.275 e. The first-order valence-corrected chi connectivity index (χ1v) is 11.8. The Morgan fingerprint density at radius 3 is 2.50 bits per heavy atom. The van der Waals surface area contributed by atoms with Gasteiger partial charge in [0.2, 0.25) is 5.91 Å². The number of rotatable bonds is 4. The molecule has 2 aliphatic rings. The van der Waals surface area contributed by atoms with Crippen LogP contribution in [-0.2, 0) is 17.8 Å². The Morgan fingerprint density at radius 1 is 1.06 bits per heavy atom. The molecule has 0 saturated heterocycles. The molecule has 3 aromatic rings. The van der Waals surface area contributed by atoms with Gasteiger partial charge in [-0.1, -0.05) is 56.5 Å². The Hall–Kier alpha value is -3.08. The quantitative estimate of drug-likeness (QED) is 0.629. The number of carbonyl (C=O) groups excluding carboxylic acids is 2. The van der Waals surface area contributed by atoms with E-state index in [-0.39, 0.29) is 17.9 Å². The van der Waals surface area contributed by atoms with Crippen molar-refractivity contribution in [2.24, 2.45) is 0 Å². The van der Waals surface area contributed by atoms with E-state index >= 15 is 0 Å². The first-order valence-electron chi connectivity index (χ1n) is 11.8. The molecule has 32 heavy (non-hydrogen) atoms. The van der Waals surface area contributed by atoms with Crippen LogP contribution in [0.2, 0.25) is 0 Å². The van der Waals surface area contributed by atoms with Crippen molar-refractivity contribution in [3.8, 4) is 0 Å². The molecule has 1 N–H and O–H groups in total. The molecule has 1 fully saturated rings. The van der Waals surface area contributed by atoms with Crippen LogP contribution < -0.4 is 10.2 Å². The highest BCUT2D eigenvalue weighted by Crippen LogP contribution is 2.36. The molecule has 166 valence electrons. The van der Waals surface area contributed by atoms with Crippen LogP contribution in [0.5, 0.6) is 0 Å². The van der Waals surface area contributed by atoms with Crippen LogP contribution in [0.3, 0.4) is 0 Å². The molecule has 1 atom stereocenters.